The van der Waals surface area contributed by atoms with Gasteiger partial charge in [0.1, 0.15) is 0 Å². The van der Waals surface area contributed by atoms with Gasteiger partial charge in [0.05, 0.1) is 26.9 Å². The Morgan fingerprint density at radius 3 is 2.60 bits per heavy atom. The van der Waals surface area contributed by atoms with Crippen molar-refractivity contribution in [3.05, 3.63) is 58.1 Å². The summed E-state index contributed by atoms with van der Waals surface area (Å²) in [5.41, 5.74) is 3.27. The van der Waals surface area contributed by atoms with E-state index in [-0.39, 0.29) is 5.91 Å². The molecular weight excluding hydrogens is 418 g/mol. The number of thiazole rings is 1. The van der Waals surface area contributed by atoms with Crippen LogP contribution in [0.5, 0.6) is 0 Å². The summed E-state index contributed by atoms with van der Waals surface area (Å²) < 4.78 is 1.06. The lowest BCUT2D eigenvalue weighted by Gasteiger charge is -2.34. The fraction of sp³-hybridized carbons (Fsp3) is 0.318. The third-order valence-electron chi connectivity index (χ3n) is 5.32. The van der Waals surface area contributed by atoms with Crippen LogP contribution in [0.25, 0.3) is 10.2 Å². The summed E-state index contributed by atoms with van der Waals surface area (Å²) in [5.74, 6) is -0.111. The van der Waals surface area contributed by atoms with E-state index < -0.39 is 0 Å². The van der Waals surface area contributed by atoms with Crippen LogP contribution in [0.1, 0.15) is 21.5 Å². The zero-order valence-electron chi connectivity index (χ0n) is 16.7. The first-order valence-electron chi connectivity index (χ1n) is 9.86. The Bertz CT molecular complexity index is 1060. The number of nitrogens with zero attached hydrogens (tertiary/aromatic N) is 4. The summed E-state index contributed by atoms with van der Waals surface area (Å²) in [4.78, 5) is 21.7. The molecule has 3 aromatic rings. The predicted molar refractivity (Wildman–Crippen MR) is 122 cm³/mol. The number of piperazine rings is 1. The Morgan fingerprint density at radius 2 is 1.93 bits per heavy atom. The first-order chi connectivity index (χ1) is 14.5. The molecule has 1 N–H and O–H groups in total. The lowest BCUT2D eigenvalue weighted by atomic mass is 10.1. The SMILES string of the molecule is Cc1ccc(Cl)c2sc(N3CCN(CCNC(=O)c4ccc(C#N)cc4)CC3)nc12. The van der Waals surface area contributed by atoms with E-state index in [1.165, 1.54) is 0 Å². The summed E-state index contributed by atoms with van der Waals surface area (Å²) in [5, 5.41) is 13.6. The van der Waals surface area contributed by atoms with Crippen LogP contribution < -0.4 is 10.2 Å². The van der Waals surface area contributed by atoms with Gasteiger partial charge >= 0.3 is 0 Å². The summed E-state index contributed by atoms with van der Waals surface area (Å²) in [6.45, 7) is 7.12. The number of hydrogen-bond donors (Lipinski definition) is 1. The number of halogens is 1. The van der Waals surface area contributed by atoms with Crippen LogP contribution in [0, 0.1) is 18.3 Å². The first-order valence-corrected chi connectivity index (χ1v) is 11.1. The highest BCUT2D eigenvalue weighted by Crippen LogP contribution is 2.35. The fourth-order valence-electron chi connectivity index (χ4n) is 3.51. The molecule has 1 aliphatic heterocycles. The highest BCUT2D eigenvalue weighted by molar-refractivity contribution is 7.22. The molecule has 0 radical (unpaired) electrons. The number of rotatable bonds is 5. The summed E-state index contributed by atoms with van der Waals surface area (Å²) in [6, 6.07) is 12.7. The number of nitriles is 1. The molecule has 0 aliphatic carbocycles. The molecule has 0 bridgehead atoms. The Hall–Kier alpha value is -2.66. The van der Waals surface area contributed by atoms with Crippen molar-refractivity contribution in [1.29, 1.82) is 5.26 Å². The van der Waals surface area contributed by atoms with Gasteiger partial charge in [0, 0.05) is 44.8 Å². The average Bonchev–Trinajstić information content (AvgIpc) is 3.24. The molecule has 1 aliphatic rings. The maximum Gasteiger partial charge on any atom is 0.251 e. The molecule has 154 valence electrons. The number of aryl methyl sites for hydroxylation is 1. The lowest BCUT2D eigenvalue weighted by molar-refractivity contribution is 0.0948. The fourth-order valence-corrected chi connectivity index (χ4v) is 4.88. The Balaban J connectivity index is 1.27. The van der Waals surface area contributed by atoms with E-state index in [9.17, 15) is 4.79 Å². The zero-order chi connectivity index (χ0) is 21.1. The predicted octanol–water partition coefficient (Wildman–Crippen LogP) is 3.68. The van der Waals surface area contributed by atoms with Gasteiger partial charge in [0.25, 0.3) is 5.91 Å². The molecule has 8 heteroatoms. The van der Waals surface area contributed by atoms with Crippen molar-refractivity contribution in [3.8, 4) is 6.07 Å². The van der Waals surface area contributed by atoms with Crippen LogP contribution >= 0.6 is 22.9 Å². The molecule has 0 spiro atoms. The van der Waals surface area contributed by atoms with Gasteiger partial charge in [-0.3, -0.25) is 9.69 Å². The van der Waals surface area contributed by atoms with Crippen LogP contribution in [-0.2, 0) is 0 Å². The van der Waals surface area contributed by atoms with E-state index in [1.54, 1.807) is 35.6 Å². The van der Waals surface area contributed by atoms with Gasteiger partial charge in [0.2, 0.25) is 0 Å². The minimum absolute atomic E-state index is 0.111. The number of carbonyl (C=O) groups is 1. The summed E-state index contributed by atoms with van der Waals surface area (Å²) >= 11 is 8.00. The summed E-state index contributed by atoms with van der Waals surface area (Å²) in [7, 11) is 0. The van der Waals surface area contributed by atoms with Crippen molar-refractivity contribution < 1.29 is 4.79 Å². The molecule has 1 saturated heterocycles. The number of benzene rings is 2. The number of nitrogens with one attached hydrogen (secondary N) is 1. The van der Waals surface area contributed by atoms with Crippen molar-refractivity contribution in [2.75, 3.05) is 44.2 Å². The van der Waals surface area contributed by atoms with E-state index in [2.05, 4.69) is 28.1 Å². The molecular formula is C22H22ClN5OS. The van der Waals surface area contributed by atoms with Crippen LogP contribution in [0.3, 0.4) is 0 Å². The number of carbonyl (C=O) groups excluding carboxylic acids is 1. The smallest absolute Gasteiger partial charge is 0.251 e. The average molecular weight is 440 g/mol. The number of hydrogen-bond acceptors (Lipinski definition) is 6. The van der Waals surface area contributed by atoms with Crippen molar-refractivity contribution >= 4 is 44.2 Å². The van der Waals surface area contributed by atoms with Gasteiger partial charge in [0.15, 0.2) is 5.13 Å². The standard InChI is InChI=1S/C22H22ClN5OS/c1-15-2-7-18(23)20-19(15)26-22(30-20)28-12-10-27(11-13-28)9-8-25-21(29)17-5-3-16(14-24)4-6-17/h2-7H,8-13H2,1H3,(H,25,29). The normalized spacial score (nSPS) is 14.6. The first kappa shape index (κ1) is 20.6. The van der Waals surface area contributed by atoms with Crippen molar-refractivity contribution in [2.45, 2.75) is 6.92 Å². The second-order valence-corrected chi connectivity index (χ2v) is 8.70. The Kier molecular flexibility index (Phi) is 6.18. The molecule has 0 atom stereocenters. The molecule has 4 rings (SSSR count). The number of aromatic nitrogens is 1. The highest BCUT2D eigenvalue weighted by Gasteiger charge is 2.21. The van der Waals surface area contributed by atoms with Crippen molar-refractivity contribution in [2.24, 2.45) is 0 Å². The quantitative estimate of drug-likeness (QED) is 0.656. The van der Waals surface area contributed by atoms with Gasteiger partial charge in [-0.05, 0) is 42.8 Å². The zero-order valence-corrected chi connectivity index (χ0v) is 18.3. The molecule has 1 fully saturated rings. The minimum Gasteiger partial charge on any atom is -0.351 e. The molecule has 30 heavy (non-hydrogen) atoms. The monoisotopic (exact) mass is 439 g/mol. The molecule has 0 saturated carbocycles. The van der Waals surface area contributed by atoms with Gasteiger partial charge < -0.3 is 10.2 Å². The van der Waals surface area contributed by atoms with Crippen LogP contribution in [0.2, 0.25) is 5.02 Å². The number of anilines is 1. The third-order valence-corrected chi connectivity index (χ3v) is 6.90. The number of amides is 1. The maximum absolute atomic E-state index is 12.2. The van der Waals surface area contributed by atoms with E-state index in [1.807, 2.05) is 12.1 Å². The van der Waals surface area contributed by atoms with E-state index >= 15 is 0 Å². The van der Waals surface area contributed by atoms with E-state index in [0.717, 1.165) is 58.7 Å². The maximum atomic E-state index is 12.2. The van der Waals surface area contributed by atoms with Crippen molar-refractivity contribution in [3.63, 3.8) is 0 Å². The van der Waals surface area contributed by atoms with Crippen LogP contribution in [-0.4, -0.2) is 55.1 Å². The molecule has 6 nitrogen and oxygen atoms in total. The lowest BCUT2D eigenvalue weighted by Crippen LogP contribution is -2.48. The molecule has 1 aromatic heterocycles. The topological polar surface area (TPSA) is 72.3 Å². The van der Waals surface area contributed by atoms with Crippen LogP contribution in [0.4, 0.5) is 5.13 Å². The highest BCUT2D eigenvalue weighted by atomic mass is 35.5. The minimum atomic E-state index is -0.111. The third kappa shape index (κ3) is 4.41. The molecule has 0 unspecified atom stereocenters. The van der Waals surface area contributed by atoms with Crippen molar-refractivity contribution in [1.82, 2.24) is 15.2 Å². The Labute approximate surface area is 184 Å². The number of fused-ring (bicyclic) bond motifs is 1. The van der Waals surface area contributed by atoms with E-state index in [0.29, 0.717) is 17.7 Å². The largest absolute Gasteiger partial charge is 0.351 e. The van der Waals surface area contributed by atoms with Gasteiger partial charge in [-0.15, -0.1) is 0 Å². The second kappa shape index (κ2) is 9.00. The molecule has 2 aromatic carbocycles. The van der Waals surface area contributed by atoms with Crippen LogP contribution in [0.15, 0.2) is 36.4 Å². The van der Waals surface area contributed by atoms with Gasteiger partial charge in [-0.25, -0.2) is 4.98 Å². The van der Waals surface area contributed by atoms with Gasteiger partial charge in [-0.1, -0.05) is 29.0 Å². The van der Waals surface area contributed by atoms with E-state index in [4.69, 9.17) is 21.8 Å². The van der Waals surface area contributed by atoms with Gasteiger partial charge in [-0.2, -0.15) is 5.26 Å². The Morgan fingerprint density at radius 1 is 1.20 bits per heavy atom. The molecule has 1 amide bonds. The summed E-state index contributed by atoms with van der Waals surface area (Å²) in [6.07, 6.45) is 0. The second-order valence-electron chi connectivity index (χ2n) is 7.31. The molecule has 2 heterocycles.